The second kappa shape index (κ2) is 14.3. The number of carboxylic acids is 1. The van der Waals surface area contributed by atoms with Crippen molar-refractivity contribution < 1.29 is 19.1 Å². The van der Waals surface area contributed by atoms with Crippen LogP contribution in [0.25, 0.3) is 11.1 Å². The topological polar surface area (TPSA) is 79.6 Å². The first-order valence-electron chi connectivity index (χ1n) is 14.4. The van der Waals surface area contributed by atoms with Crippen LogP contribution in [0, 0.1) is 32.5 Å². The van der Waals surface area contributed by atoms with Gasteiger partial charge in [0.25, 0.3) is 5.56 Å². The van der Waals surface area contributed by atoms with Crippen LogP contribution in [-0.2, 0) is 16.0 Å². The van der Waals surface area contributed by atoms with E-state index < -0.39 is 30.2 Å². The van der Waals surface area contributed by atoms with Crippen molar-refractivity contribution in [1.29, 1.82) is 0 Å². The Morgan fingerprint density at radius 3 is 2.24 bits per heavy atom. The van der Waals surface area contributed by atoms with Gasteiger partial charge in [-0.1, -0.05) is 43.6 Å². The molecule has 2 aromatic carbocycles. The summed E-state index contributed by atoms with van der Waals surface area (Å²) in [6.45, 7) is 10.5. The maximum absolute atomic E-state index is 15.6. The molecular weight excluding hydrogens is 555 g/mol. The molecular formula is C34H42ClFN2O4. The number of pyridine rings is 1. The third-order valence-corrected chi connectivity index (χ3v) is 8.04. The molecule has 0 saturated carbocycles. The van der Waals surface area contributed by atoms with E-state index in [1.165, 1.54) is 10.6 Å². The smallest absolute Gasteiger partial charge is 0.303 e. The number of aryl methyl sites for hydroxylation is 3. The van der Waals surface area contributed by atoms with Crippen molar-refractivity contribution in [1.82, 2.24) is 9.47 Å². The SMILES string of the molecule is Cc1cc(=O)n(C(CC(C)C)C(=O)C[C@@H](CC(=O)O)c2cc(-c3c(C)cccc3C)cc(Cl)c2F)cc1CCN(C)C. The van der Waals surface area contributed by atoms with Crippen molar-refractivity contribution in [2.45, 2.75) is 72.3 Å². The number of carbonyl (C=O) groups is 2. The van der Waals surface area contributed by atoms with Gasteiger partial charge in [0.05, 0.1) is 17.5 Å². The van der Waals surface area contributed by atoms with Crippen molar-refractivity contribution in [3.8, 4) is 11.1 Å². The van der Waals surface area contributed by atoms with Gasteiger partial charge in [-0.15, -0.1) is 0 Å². The Labute approximate surface area is 253 Å². The van der Waals surface area contributed by atoms with E-state index in [1.54, 1.807) is 18.3 Å². The molecule has 226 valence electrons. The predicted octanol–water partition coefficient (Wildman–Crippen LogP) is 7.14. The molecule has 1 aromatic heterocycles. The molecule has 1 N–H and O–H groups in total. The van der Waals surface area contributed by atoms with Crippen LogP contribution in [-0.4, -0.2) is 47.0 Å². The Kier molecular flexibility index (Phi) is 11.3. The van der Waals surface area contributed by atoms with Crippen LogP contribution in [0.2, 0.25) is 5.02 Å². The number of hydrogen-bond acceptors (Lipinski definition) is 4. The molecule has 1 heterocycles. The van der Waals surface area contributed by atoms with Gasteiger partial charge in [0.2, 0.25) is 0 Å². The molecule has 1 unspecified atom stereocenters. The molecule has 8 heteroatoms. The zero-order valence-corrected chi connectivity index (χ0v) is 26.4. The van der Waals surface area contributed by atoms with Crippen LogP contribution in [0.3, 0.4) is 0 Å². The molecule has 0 saturated heterocycles. The Bertz CT molecular complexity index is 1490. The van der Waals surface area contributed by atoms with E-state index in [9.17, 15) is 19.5 Å². The Balaban J connectivity index is 2.09. The second-order valence-electron chi connectivity index (χ2n) is 12.0. The van der Waals surface area contributed by atoms with Gasteiger partial charge in [-0.3, -0.25) is 14.4 Å². The molecule has 6 nitrogen and oxygen atoms in total. The minimum Gasteiger partial charge on any atom is -0.481 e. The Morgan fingerprint density at radius 1 is 1.02 bits per heavy atom. The van der Waals surface area contributed by atoms with Crippen molar-refractivity contribution in [2.75, 3.05) is 20.6 Å². The van der Waals surface area contributed by atoms with Gasteiger partial charge in [-0.25, -0.2) is 4.39 Å². The molecule has 0 aliphatic heterocycles. The molecule has 0 bridgehead atoms. The van der Waals surface area contributed by atoms with E-state index in [2.05, 4.69) is 0 Å². The molecule has 0 amide bonds. The number of likely N-dealkylation sites (N-methyl/N-ethyl adjacent to an activating group) is 1. The summed E-state index contributed by atoms with van der Waals surface area (Å²) in [6.07, 6.45) is 2.15. The first kappa shape index (κ1) is 33.2. The monoisotopic (exact) mass is 596 g/mol. The van der Waals surface area contributed by atoms with E-state index in [0.717, 1.165) is 34.4 Å². The third kappa shape index (κ3) is 8.17. The summed E-state index contributed by atoms with van der Waals surface area (Å²) in [6, 6.07) is 9.71. The molecule has 42 heavy (non-hydrogen) atoms. The first-order valence-corrected chi connectivity index (χ1v) is 14.7. The van der Waals surface area contributed by atoms with Gasteiger partial charge >= 0.3 is 5.97 Å². The van der Waals surface area contributed by atoms with Gasteiger partial charge in [0.15, 0.2) is 5.78 Å². The number of nitrogens with zero attached hydrogens (tertiary/aromatic N) is 2. The minimum atomic E-state index is -1.15. The van der Waals surface area contributed by atoms with Crippen molar-refractivity contribution >= 4 is 23.4 Å². The number of ketones is 1. The summed E-state index contributed by atoms with van der Waals surface area (Å²) >= 11 is 6.37. The average Bonchev–Trinajstić information content (AvgIpc) is 2.88. The van der Waals surface area contributed by atoms with Gasteiger partial charge in [-0.2, -0.15) is 0 Å². The van der Waals surface area contributed by atoms with Crippen LogP contribution >= 0.6 is 11.6 Å². The molecule has 0 radical (unpaired) electrons. The van der Waals surface area contributed by atoms with E-state index in [4.69, 9.17) is 11.6 Å². The zero-order chi connectivity index (χ0) is 31.3. The van der Waals surface area contributed by atoms with Crippen molar-refractivity contribution in [2.24, 2.45) is 5.92 Å². The summed E-state index contributed by atoms with van der Waals surface area (Å²) in [4.78, 5) is 41.2. The number of rotatable bonds is 13. The lowest BCUT2D eigenvalue weighted by atomic mass is 9.84. The Morgan fingerprint density at radius 2 is 1.67 bits per heavy atom. The number of benzene rings is 2. The maximum Gasteiger partial charge on any atom is 0.303 e. The van der Waals surface area contributed by atoms with Crippen LogP contribution in [0.4, 0.5) is 4.39 Å². The lowest BCUT2D eigenvalue weighted by Gasteiger charge is -2.25. The third-order valence-electron chi connectivity index (χ3n) is 7.76. The van der Waals surface area contributed by atoms with Crippen molar-refractivity contribution in [3.05, 3.63) is 91.6 Å². The second-order valence-corrected chi connectivity index (χ2v) is 12.4. The van der Waals surface area contributed by atoms with Gasteiger partial charge in [0.1, 0.15) is 5.82 Å². The summed E-state index contributed by atoms with van der Waals surface area (Å²) in [5.41, 5.74) is 5.10. The van der Waals surface area contributed by atoms with Gasteiger partial charge < -0.3 is 14.6 Å². The molecule has 0 spiro atoms. The van der Waals surface area contributed by atoms with E-state index >= 15 is 4.39 Å². The van der Waals surface area contributed by atoms with E-state index in [1.807, 2.05) is 71.8 Å². The fourth-order valence-corrected chi connectivity index (χ4v) is 5.81. The quantitative estimate of drug-likeness (QED) is 0.227. The van der Waals surface area contributed by atoms with Gasteiger partial charge in [0, 0.05) is 31.1 Å². The number of Topliss-reactive ketones (excluding diaryl/α,β-unsaturated/α-hetero) is 1. The first-order chi connectivity index (χ1) is 19.7. The number of aromatic nitrogens is 1. The highest BCUT2D eigenvalue weighted by atomic mass is 35.5. The highest BCUT2D eigenvalue weighted by molar-refractivity contribution is 6.31. The highest BCUT2D eigenvalue weighted by Crippen LogP contribution is 2.38. The summed E-state index contributed by atoms with van der Waals surface area (Å²) in [5.74, 6) is -3.09. The molecule has 3 rings (SSSR count). The van der Waals surface area contributed by atoms with E-state index in [0.29, 0.717) is 18.4 Å². The zero-order valence-electron chi connectivity index (χ0n) is 25.6. The minimum absolute atomic E-state index is 0.0776. The number of hydrogen-bond donors (Lipinski definition) is 1. The normalized spacial score (nSPS) is 13.0. The van der Waals surface area contributed by atoms with Gasteiger partial charge in [-0.05, 0) is 105 Å². The lowest BCUT2D eigenvalue weighted by molar-refractivity contribution is -0.137. The number of carbonyl (C=O) groups excluding carboxylic acids is 1. The number of aliphatic carboxylic acids is 1. The van der Waals surface area contributed by atoms with Crippen LogP contribution < -0.4 is 5.56 Å². The summed E-state index contributed by atoms with van der Waals surface area (Å²) < 4.78 is 17.1. The largest absolute Gasteiger partial charge is 0.481 e. The summed E-state index contributed by atoms with van der Waals surface area (Å²) in [5, 5.41) is 9.65. The molecule has 0 aliphatic carbocycles. The molecule has 0 aliphatic rings. The predicted molar refractivity (Wildman–Crippen MR) is 167 cm³/mol. The maximum atomic E-state index is 15.6. The molecule has 2 atom stereocenters. The fourth-order valence-electron chi connectivity index (χ4n) is 5.59. The average molecular weight is 597 g/mol. The Hall–Kier alpha value is -3.29. The van der Waals surface area contributed by atoms with Crippen LogP contribution in [0.15, 0.2) is 47.4 Å². The van der Waals surface area contributed by atoms with Crippen LogP contribution in [0.1, 0.15) is 72.9 Å². The summed E-state index contributed by atoms with van der Waals surface area (Å²) in [7, 11) is 3.94. The van der Waals surface area contributed by atoms with Crippen molar-refractivity contribution in [3.63, 3.8) is 0 Å². The van der Waals surface area contributed by atoms with E-state index in [-0.39, 0.29) is 34.3 Å². The molecule has 0 fully saturated rings. The van der Waals surface area contributed by atoms with Crippen LogP contribution in [0.5, 0.6) is 0 Å². The standard InChI is InChI=1S/C34H42ClFN2O4/c1-20(2)13-29(38-19-24(11-12-37(6)7)23(5)14-31(38)40)30(39)17-25(18-32(41)42)27-15-26(16-28(35)34(27)36)33-21(3)9-8-10-22(33)4/h8-10,14-16,19-20,25,29H,11-13,17-18H2,1-7H3,(H,41,42)/t25-,29?/m0/s1. The number of halogens is 2. The highest BCUT2D eigenvalue weighted by Gasteiger charge is 2.30. The number of carboxylic acid groups (broad SMARTS) is 1. The lowest BCUT2D eigenvalue weighted by Crippen LogP contribution is -2.32. The molecule has 3 aromatic rings. The fraction of sp³-hybridized carbons (Fsp3) is 0.441.